The zero-order valence-electron chi connectivity index (χ0n) is 10.7. The number of primary amides is 1. The van der Waals surface area contributed by atoms with Crippen molar-refractivity contribution in [2.45, 2.75) is 13.5 Å². The van der Waals surface area contributed by atoms with Crippen molar-refractivity contribution in [3.8, 4) is 11.5 Å². The van der Waals surface area contributed by atoms with Crippen LogP contribution in [0.3, 0.4) is 0 Å². The quantitative estimate of drug-likeness (QED) is 0.881. The van der Waals surface area contributed by atoms with Gasteiger partial charge >= 0.3 is 0 Å². The molecule has 2 rings (SSSR count). The minimum Gasteiger partial charge on any atom is -0.457 e. The lowest BCUT2D eigenvalue weighted by Gasteiger charge is -2.11. The predicted molar refractivity (Wildman–Crippen MR) is 74.1 cm³/mol. The van der Waals surface area contributed by atoms with E-state index in [4.69, 9.17) is 16.2 Å². The van der Waals surface area contributed by atoms with Crippen molar-refractivity contribution in [3.63, 3.8) is 0 Å². The maximum atomic E-state index is 11.0. The molecule has 0 aliphatic heterocycles. The van der Waals surface area contributed by atoms with E-state index in [-0.39, 0.29) is 0 Å². The zero-order chi connectivity index (χ0) is 13.8. The fraction of sp³-hybridized carbons (Fsp3) is 0.133. The first-order valence-electron chi connectivity index (χ1n) is 5.97. The first kappa shape index (κ1) is 13.1. The molecule has 0 bridgehead atoms. The summed E-state index contributed by atoms with van der Waals surface area (Å²) >= 11 is 0. The van der Waals surface area contributed by atoms with Gasteiger partial charge in [0.15, 0.2) is 0 Å². The van der Waals surface area contributed by atoms with Gasteiger partial charge in [0, 0.05) is 17.7 Å². The van der Waals surface area contributed by atoms with Crippen molar-refractivity contribution in [1.29, 1.82) is 0 Å². The zero-order valence-corrected chi connectivity index (χ0v) is 10.7. The van der Waals surface area contributed by atoms with Crippen LogP contribution >= 0.6 is 0 Å². The summed E-state index contributed by atoms with van der Waals surface area (Å²) in [6.07, 6.45) is 0. The molecular weight excluding hydrogens is 240 g/mol. The number of rotatable bonds is 4. The Morgan fingerprint density at radius 1 is 1.16 bits per heavy atom. The molecule has 2 aromatic carbocycles. The Morgan fingerprint density at radius 2 is 1.84 bits per heavy atom. The molecule has 0 saturated carbocycles. The summed E-state index contributed by atoms with van der Waals surface area (Å²) in [5.41, 5.74) is 13.3. The Kier molecular flexibility index (Phi) is 3.82. The number of hydrogen-bond acceptors (Lipinski definition) is 3. The summed E-state index contributed by atoms with van der Waals surface area (Å²) in [6, 6.07) is 12.6. The molecule has 0 heterocycles. The largest absolute Gasteiger partial charge is 0.457 e. The van der Waals surface area contributed by atoms with E-state index in [1.807, 2.05) is 25.1 Å². The van der Waals surface area contributed by atoms with Crippen molar-refractivity contribution in [2.75, 3.05) is 0 Å². The van der Waals surface area contributed by atoms with Gasteiger partial charge in [0.05, 0.1) is 0 Å². The second kappa shape index (κ2) is 5.54. The monoisotopic (exact) mass is 256 g/mol. The minimum atomic E-state index is -0.454. The highest BCUT2D eigenvalue weighted by atomic mass is 16.5. The molecule has 0 aliphatic carbocycles. The third-order valence-electron chi connectivity index (χ3n) is 2.81. The highest BCUT2D eigenvalue weighted by Crippen LogP contribution is 2.26. The normalized spacial score (nSPS) is 10.2. The van der Waals surface area contributed by atoms with Crippen LogP contribution in [0.25, 0.3) is 0 Å². The number of amides is 1. The molecule has 98 valence electrons. The van der Waals surface area contributed by atoms with Gasteiger partial charge in [-0.1, -0.05) is 12.1 Å². The minimum absolute atomic E-state index is 0.412. The Morgan fingerprint density at radius 3 is 2.42 bits per heavy atom. The summed E-state index contributed by atoms with van der Waals surface area (Å²) in [4.78, 5) is 11.0. The van der Waals surface area contributed by atoms with Crippen LogP contribution in [0.1, 0.15) is 21.5 Å². The molecule has 0 spiro atoms. The van der Waals surface area contributed by atoms with Crippen LogP contribution < -0.4 is 16.2 Å². The molecule has 0 fully saturated rings. The molecular formula is C15H16N2O2. The molecule has 4 heteroatoms. The van der Waals surface area contributed by atoms with Crippen LogP contribution in [0.15, 0.2) is 42.5 Å². The van der Waals surface area contributed by atoms with Crippen LogP contribution in [-0.4, -0.2) is 5.91 Å². The lowest BCUT2D eigenvalue weighted by Crippen LogP contribution is -2.10. The standard InChI is InChI=1S/C15H16N2O2/c1-10-2-3-12(9-16)14(8-10)19-13-6-4-11(5-7-13)15(17)18/h2-8H,9,16H2,1H3,(H2,17,18). The van der Waals surface area contributed by atoms with Crippen LogP contribution in [0.5, 0.6) is 11.5 Å². The molecule has 19 heavy (non-hydrogen) atoms. The van der Waals surface area contributed by atoms with E-state index in [0.717, 1.165) is 16.9 Å². The summed E-state index contributed by atoms with van der Waals surface area (Å²) in [6.45, 7) is 2.40. The van der Waals surface area contributed by atoms with Gasteiger partial charge in [0.1, 0.15) is 11.5 Å². The molecule has 0 saturated heterocycles. The van der Waals surface area contributed by atoms with Gasteiger partial charge in [0.25, 0.3) is 0 Å². The first-order chi connectivity index (χ1) is 9.10. The third-order valence-corrected chi connectivity index (χ3v) is 2.81. The van der Waals surface area contributed by atoms with Gasteiger partial charge in [-0.15, -0.1) is 0 Å². The van der Waals surface area contributed by atoms with Gasteiger partial charge in [-0.3, -0.25) is 4.79 Å². The van der Waals surface area contributed by atoms with E-state index in [1.54, 1.807) is 24.3 Å². The molecule has 4 N–H and O–H groups in total. The number of hydrogen-bond donors (Lipinski definition) is 2. The lowest BCUT2D eigenvalue weighted by molar-refractivity contribution is 0.100. The third kappa shape index (κ3) is 3.11. The maximum Gasteiger partial charge on any atom is 0.248 e. The highest BCUT2D eigenvalue weighted by molar-refractivity contribution is 5.92. The van der Waals surface area contributed by atoms with Crippen LogP contribution in [0.2, 0.25) is 0 Å². The smallest absolute Gasteiger partial charge is 0.248 e. The van der Waals surface area contributed by atoms with Crippen molar-refractivity contribution < 1.29 is 9.53 Å². The molecule has 0 unspecified atom stereocenters. The lowest BCUT2D eigenvalue weighted by atomic mass is 10.1. The molecule has 0 aliphatic rings. The van der Waals surface area contributed by atoms with Crippen LogP contribution in [0, 0.1) is 6.92 Å². The average Bonchev–Trinajstić information content (AvgIpc) is 2.39. The topological polar surface area (TPSA) is 78.3 Å². The number of carbonyl (C=O) groups is 1. The van der Waals surface area contributed by atoms with E-state index < -0.39 is 5.91 Å². The maximum absolute atomic E-state index is 11.0. The Hall–Kier alpha value is -2.33. The SMILES string of the molecule is Cc1ccc(CN)c(Oc2ccc(C(N)=O)cc2)c1. The summed E-state index contributed by atoms with van der Waals surface area (Å²) in [5.74, 6) is 0.921. The van der Waals surface area contributed by atoms with Crippen LogP contribution in [0.4, 0.5) is 0 Å². The Labute approximate surface area is 112 Å². The number of aryl methyl sites for hydroxylation is 1. The number of ether oxygens (including phenoxy) is 1. The Balaban J connectivity index is 2.25. The second-order valence-corrected chi connectivity index (χ2v) is 4.31. The Bertz CT molecular complexity index is 592. The van der Waals surface area contributed by atoms with Crippen molar-refractivity contribution in [3.05, 3.63) is 59.2 Å². The van der Waals surface area contributed by atoms with Crippen molar-refractivity contribution >= 4 is 5.91 Å². The van der Waals surface area contributed by atoms with Gasteiger partial charge in [-0.2, -0.15) is 0 Å². The molecule has 4 nitrogen and oxygen atoms in total. The highest BCUT2D eigenvalue weighted by Gasteiger charge is 2.05. The average molecular weight is 256 g/mol. The van der Waals surface area contributed by atoms with E-state index in [1.165, 1.54) is 0 Å². The molecule has 2 aromatic rings. The summed E-state index contributed by atoms with van der Waals surface area (Å²) < 4.78 is 5.78. The number of benzene rings is 2. The fourth-order valence-corrected chi connectivity index (χ4v) is 1.74. The second-order valence-electron chi connectivity index (χ2n) is 4.31. The molecule has 0 aromatic heterocycles. The van der Waals surface area contributed by atoms with E-state index in [0.29, 0.717) is 17.9 Å². The van der Waals surface area contributed by atoms with Gasteiger partial charge in [-0.05, 0) is 42.8 Å². The van der Waals surface area contributed by atoms with Gasteiger partial charge in [0.2, 0.25) is 5.91 Å². The van der Waals surface area contributed by atoms with Crippen LogP contribution in [-0.2, 0) is 6.54 Å². The summed E-state index contributed by atoms with van der Waals surface area (Å²) in [5, 5.41) is 0. The molecule has 1 amide bonds. The van der Waals surface area contributed by atoms with Gasteiger partial charge in [-0.25, -0.2) is 0 Å². The van der Waals surface area contributed by atoms with E-state index in [2.05, 4.69) is 0 Å². The van der Waals surface area contributed by atoms with E-state index >= 15 is 0 Å². The van der Waals surface area contributed by atoms with Gasteiger partial charge < -0.3 is 16.2 Å². The summed E-state index contributed by atoms with van der Waals surface area (Å²) in [7, 11) is 0. The number of nitrogens with two attached hydrogens (primary N) is 2. The molecule has 0 radical (unpaired) electrons. The number of carbonyl (C=O) groups excluding carboxylic acids is 1. The predicted octanol–water partition coefficient (Wildman–Crippen LogP) is 2.34. The van der Waals surface area contributed by atoms with E-state index in [9.17, 15) is 4.79 Å². The molecule has 0 atom stereocenters. The van der Waals surface area contributed by atoms with Crippen molar-refractivity contribution in [1.82, 2.24) is 0 Å². The van der Waals surface area contributed by atoms with Crippen molar-refractivity contribution in [2.24, 2.45) is 11.5 Å². The fourth-order valence-electron chi connectivity index (χ4n) is 1.74. The first-order valence-corrected chi connectivity index (χ1v) is 5.97.